The number of benzene rings is 1. The fourth-order valence-corrected chi connectivity index (χ4v) is 4.35. The number of piperidine rings is 1. The van der Waals surface area contributed by atoms with Gasteiger partial charge in [-0.1, -0.05) is 24.6 Å². The Balaban J connectivity index is 2.30. The number of carbonyl (C=O) groups is 1. The van der Waals surface area contributed by atoms with Gasteiger partial charge in [0.1, 0.15) is 6.04 Å². The summed E-state index contributed by atoms with van der Waals surface area (Å²) in [5, 5.41) is 0.479. The van der Waals surface area contributed by atoms with Gasteiger partial charge in [0, 0.05) is 18.1 Å². The van der Waals surface area contributed by atoms with E-state index < -0.39 is 16.1 Å². The molecule has 1 heterocycles. The number of rotatable bonds is 4. The highest BCUT2D eigenvalue weighted by atomic mass is 35.5. The van der Waals surface area contributed by atoms with Crippen molar-refractivity contribution < 1.29 is 13.2 Å². The molecule has 1 aliphatic heterocycles. The molecule has 0 bridgehead atoms. The van der Waals surface area contributed by atoms with Crippen LogP contribution in [0, 0.1) is 12.8 Å². The molecule has 1 fully saturated rings. The second-order valence-corrected chi connectivity index (χ2v) is 8.94. The molecule has 0 saturated carbocycles. The van der Waals surface area contributed by atoms with Gasteiger partial charge in [0.25, 0.3) is 0 Å². The second-order valence-electron chi connectivity index (χ2n) is 6.68. The molecule has 24 heavy (non-hydrogen) atoms. The Kier molecular flexibility index (Phi) is 5.81. The summed E-state index contributed by atoms with van der Waals surface area (Å²) in [6, 6.07) is 4.24. The fourth-order valence-electron chi connectivity index (χ4n) is 3.01. The number of hydrogen-bond acceptors (Lipinski definition) is 3. The number of aryl methyl sites for hydroxylation is 1. The van der Waals surface area contributed by atoms with Gasteiger partial charge in [-0.3, -0.25) is 9.10 Å². The van der Waals surface area contributed by atoms with E-state index in [1.807, 2.05) is 6.92 Å². The Hall–Kier alpha value is -1.27. The van der Waals surface area contributed by atoms with E-state index >= 15 is 0 Å². The Morgan fingerprint density at radius 2 is 1.92 bits per heavy atom. The number of amides is 1. The van der Waals surface area contributed by atoms with Gasteiger partial charge in [-0.15, -0.1) is 0 Å². The summed E-state index contributed by atoms with van der Waals surface area (Å²) < 4.78 is 25.8. The molecule has 0 radical (unpaired) electrons. The molecular formula is C17H25ClN2O3S. The van der Waals surface area contributed by atoms with Gasteiger partial charge in [-0.25, -0.2) is 8.42 Å². The lowest BCUT2D eigenvalue weighted by atomic mass is 9.99. The van der Waals surface area contributed by atoms with Crippen molar-refractivity contribution in [2.24, 2.45) is 5.92 Å². The number of likely N-dealkylation sites (tertiary alicyclic amines) is 1. The predicted molar refractivity (Wildman–Crippen MR) is 98.0 cm³/mol. The van der Waals surface area contributed by atoms with E-state index in [1.165, 1.54) is 4.31 Å². The number of carbonyl (C=O) groups excluding carboxylic acids is 1. The minimum Gasteiger partial charge on any atom is -0.341 e. The molecular weight excluding hydrogens is 348 g/mol. The number of hydrogen-bond donors (Lipinski definition) is 0. The third-order valence-corrected chi connectivity index (χ3v) is 6.22. The van der Waals surface area contributed by atoms with Crippen LogP contribution in [0.4, 0.5) is 5.69 Å². The van der Waals surface area contributed by atoms with Crippen molar-refractivity contribution in [2.75, 3.05) is 23.7 Å². The summed E-state index contributed by atoms with van der Waals surface area (Å²) in [4.78, 5) is 14.6. The number of nitrogens with zero attached hydrogens (tertiary/aromatic N) is 2. The van der Waals surface area contributed by atoms with Gasteiger partial charge in [0.05, 0.1) is 11.9 Å². The highest BCUT2D eigenvalue weighted by Gasteiger charge is 2.33. The van der Waals surface area contributed by atoms with Crippen molar-refractivity contribution in [2.45, 2.75) is 39.7 Å². The lowest BCUT2D eigenvalue weighted by Crippen LogP contribution is -2.51. The van der Waals surface area contributed by atoms with E-state index in [0.717, 1.165) is 24.7 Å². The Labute approximate surface area is 149 Å². The minimum atomic E-state index is -3.61. The molecule has 0 aromatic heterocycles. The topological polar surface area (TPSA) is 57.7 Å². The molecule has 1 aromatic rings. The maximum Gasteiger partial charge on any atom is 0.246 e. The lowest BCUT2D eigenvalue weighted by Gasteiger charge is -2.36. The van der Waals surface area contributed by atoms with Crippen molar-refractivity contribution in [3.05, 3.63) is 28.8 Å². The molecule has 0 spiro atoms. The quantitative estimate of drug-likeness (QED) is 0.816. The summed E-state index contributed by atoms with van der Waals surface area (Å²) >= 11 is 6.14. The number of sulfonamides is 1. The van der Waals surface area contributed by atoms with Gasteiger partial charge in [0.2, 0.25) is 15.9 Å². The third kappa shape index (κ3) is 4.22. The normalized spacial score (nSPS) is 17.6. The van der Waals surface area contributed by atoms with Crippen molar-refractivity contribution >= 4 is 33.2 Å². The average Bonchev–Trinajstić information content (AvgIpc) is 2.49. The summed E-state index contributed by atoms with van der Waals surface area (Å²) in [5.41, 5.74) is 1.28. The fraction of sp³-hybridized carbons (Fsp3) is 0.588. The van der Waals surface area contributed by atoms with E-state index in [4.69, 9.17) is 11.6 Å². The lowest BCUT2D eigenvalue weighted by molar-refractivity contribution is -0.133. The van der Waals surface area contributed by atoms with Crippen LogP contribution in [-0.4, -0.2) is 44.6 Å². The van der Waals surface area contributed by atoms with Crippen LogP contribution in [0.5, 0.6) is 0 Å². The van der Waals surface area contributed by atoms with Crippen molar-refractivity contribution in [3.63, 3.8) is 0 Å². The SMILES string of the molecule is Cc1ccc(N(C(C)C(=O)N2CCC(C)CC2)S(C)(=O)=O)cc1Cl. The zero-order valence-electron chi connectivity index (χ0n) is 14.6. The van der Waals surface area contributed by atoms with Crippen molar-refractivity contribution in [1.29, 1.82) is 0 Å². The highest BCUT2D eigenvalue weighted by Crippen LogP contribution is 2.28. The van der Waals surface area contributed by atoms with Crippen LogP contribution in [0.15, 0.2) is 18.2 Å². The number of halogens is 1. The van der Waals surface area contributed by atoms with Crippen LogP contribution in [0.3, 0.4) is 0 Å². The summed E-state index contributed by atoms with van der Waals surface area (Å²) in [5.74, 6) is 0.440. The molecule has 7 heteroatoms. The molecule has 0 aliphatic carbocycles. The molecule has 5 nitrogen and oxygen atoms in total. The largest absolute Gasteiger partial charge is 0.341 e. The van der Waals surface area contributed by atoms with E-state index in [9.17, 15) is 13.2 Å². The molecule has 1 atom stereocenters. The van der Waals surface area contributed by atoms with E-state index in [2.05, 4.69) is 6.92 Å². The molecule has 1 aromatic carbocycles. The monoisotopic (exact) mass is 372 g/mol. The number of anilines is 1. The third-order valence-electron chi connectivity index (χ3n) is 4.57. The Morgan fingerprint density at radius 1 is 1.33 bits per heavy atom. The van der Waals surface area contributed by atoms with Crippen LogP contribution in [0.1, 0.15) is 32.3 Å². The first-order valence-corrected chi connectivity index (χ1v) is 10.4. The van der Waals surface area contributed by atoms with E-state index in [1.54, 1.807) is 30.0 Å². The van der Waals surface area contributed by atoms with Crippen LogP contribution in [-0.2, 0) is 14.8 Å². The first-order valence-electron chi connectivity index (χ1n) is 8.15. The highest BCUT2D eigenvalue weighted by molar-refractivity contribution is 7.92. The van der Waals surface area contributed by atoms with Gasteiger partial charge in [-0.05, 0) is 50.3 Å². The van der Waals surface area contributed by atoms with Crippen molar-refractivity contribution in [3.8, 4) is 0 Å². The van der Waals surface area contributed by atoms with Gasteiger partial charge in [-0.2, -0.15) is 0 Å². The van der Waals surface area contributed by atoms with Gasteiger partial charge < -0.3 is 4.90 Å². The molecule has 1 aliphatic rings. The Morgan fingerprint density at radius 3 is 2.42 bits per heavy atom. The maximum absolute atomic E-state index is 12.8. The molecule has 1 amide bonds. The van der Waals surface area contributed by atoms with Crippen LogP contribution in [0.25, 0.3) is 0 Å². The smallest absolute Gasteiger partial charge is 0.246 e. The summed E-state index contributed by atoms with van der Waals surface area (Å²) in [7, 11) is -3.61. The Bertz CT molecular complexity index is 713. The molecule has 1 saturated heterocycles. The zero-order valence-corrected chi connectivity index (χ0v) is 16.2. The zero-order chi connectivity index (χ0) is 18.1. The molecule has 2 rings (SSSR count). The van der Waals surface area contributed by atoms with Crippen LogP contribution < -0.4 is 4.31 Å². The van der Waals surface area contributed by atoms with Gasteiger partial charge in [0.15, 0.2) is 0 Å². The van der Waals surface area contributed by atoms with Crippen LogP contribution >= 0.6 is 11.6 Å². The summed E-state index contributed by atoms with van der Waals surface area (Å²) in [6.45, 7) is 7.01. The second kappa shape index (κ2) is 7.31. The standard InChI is InChI=1S/C17H25ClN2O3S/c1-12-7-9-19(10-8-12)17(21)14(3)20(24(4,22)23)15-6-5-13(2)16(18)11-15/h5-6,11-12,14H,7-10H2,1-4H3. The van der Waals surface area contributed by atoms with E-state index in [-0.39, 0.29) is 5.91 Å². The maximum atomic E-state index is 12.8. The first-order chi connectivity index (χ1) is 11.1. The average molecular weight is 373 g/mol. The summed E-state index contributed by atoms with van der Waals surface area (Å²) in [6.07, 6.45) is 3.02. The minimum absolute atomic E-state index is 0.163. The predicted octanol–water partition coefficient (Wildman–Crippen LogP) is 3.06. The first kappa shape index (κ1) is 19.1. The molecule has 134 valence electrons. The van der Waals surface area contributed by atoms with Gasteiger partial charge >= 0.3 is 0 Å². The van der Waals surface area contributed by atoms with Crippen LogP contribution in [0.2, 0.25) is 5.02 Å². The molecule has 0 N–H and O–H groups in total. The molecule has 1 unspecified atom stereocenters. The van der Waals surface area contributed by atoms with Crippen molar-refractivity contribution in [1.82, 2.24) is 4.90 Å². The van der Waals surface area contributed by atoms with E-state index in [0.29, 0.717) is 29.7 Å².